The SMILES string of the molecule is CNC(C)c1sc2c(F)cccc2c1C. The minimum absolute atomic E-state index is 0.116. The molecule has 1 unspecified atom stereocenters. The van der Waals surface area contributed by atoms with Crippen LogP contribution in [0.15, 0.2) is 18.2 Å². The Bertz CT molecular complexity index is 490. The molecule has 80 valence electrons. The quantitative estimate of drug-likeness (QED) is 0.819. The van der Waals surface area contributed by atoms with Gasteiger partial charge in [0.05, 0.1) is 4.70 Å². The van der Waals surface area contributed by atoms with Gasteiger partial charge in [-0.25, -0.2) is 4.39 Å². The van der Waals surface area contributed by atoms with Crippen molar-refractivity contribution >= 4 is 21.4 Å². The van der Waals surface area contributed by atoms with Crippen LogP contribution in [0.25, 0.3) is 10.1 Å². The molecule has 1 N–H and O–H groups in total. The molecule has 2 rings (SSSR count). The highest BCUT2D eigenvalue weighted by Crippen LogP contribution is 2.35. The molecule has 15 heavy (non-hydrogen) atoms. The van der Waals surface area contributed by atoms with E-state index in [0.29, 0.717) is 0 Å². The molecule has 3 heteroatoms. The maximum atomic E-state index is 13.5. The predicted molar refractivity (Wildman–Crippen MR) is 64.0 cm³/mol. The van der Waals surface area contributed by atoms with Gasteiger partial charge in [-0.1, -0.05) is 12.1 Å². The molecule has 1 heterocycles. The monoisotopic (exact) mass is 223 g/mol. The molecule has 0 radical (unpaired) electrons. The van der Waals surface area contributed by atoms with E-state index >= 15 is 0 Å². The topological polar surface area (TPSA) is 12.0 Å². The van der Waals surface area contributed by atoms with Crippen molar-refractivity contribution in [3.8, 4) is 0 Å². The van der Waals surface area contributed by atoms with Gasteiger partial charge in [0.25, 0.3) is 0 Å². The molecule has 0 saturated heterocycles. The predicted octanol–water partition coefficient (Wildman–Crippen LogP) is 3.63. The van der Waals surface area contributed by atoms with E-state index in [2.05, 4.69) is 19.2 Å². The zero-order valence-electron chi connectivity index (χ0n) is 9.10. The van der Waals surface area contributed by atoms with E-state index < -0.39 is 0 Å². The third-order valence-corrected chi connectivity index (χ3v) is 4.28. The van der Waals surface area contributed by atoms with Crippen LogP contribution < -0.4 is 5.32 Å². The van der Waals surface area contributed by atoms with Crippen molar-refractivity contribution < 1.29 is 4.39 Å². The number of fused-ring (bicyclic) bond motifs is 1. The van der Waals surface area contributed by atoms with Crippen molar-refractivity contribution in [1.29, 1.82) is 0 Å². The van der Waals surface area contributed by atoms with E-state index in [1.165, 1.54) is 16.5 Å². The second-order valence-electron chi connectivity index (χ2n) is 3.72. The number of benzene rings is 1. The molecule has 1 aromatic heterocycles. The maximum Gasteiger partial charge on any atom is 0.141 e. The molecule has 1 aromatic carbocycles. The van der Waals surface area contributed by atoms with Gasteiger partial charge < -0.3 is 5.32 Å². The highest BCUT2D eigenvalue weighted by molar-refractivity contribution is 7.19. The normalized spacial score (nSPS) is 13.3. The number of hydrogen-bond donors (Lipinski definition) is 1. The Morgan fingerprint density at radius 2 is 2.13 bits per heavy atom. The zero-order chi connectivity index (χ0) is 11.0. The van der Waals surface area contributed by atoms with Gasteiger partial charge in [-0.2, -0.15) is 0 Å². The number of aryl methyl sites for hydroxylation is 1. The molecule has 0 aliphatic rings. The van der Waals surface area contributed by atoms with Gasteiger partial charge in [0.1, 0.15) is 5.82 Å². The summed E-state index contributed by atoms with van der Waals surface area (Å²) < 4.78 is 14.3. The number of nitrogens with one attached hydrogen (secondary N) is 1. The van der Waals surface area contributed by atoms with Gasteiger partial charge in [-0.05, 0) is 37.9 Å². The van der Waals surface area contributed by atoms with E-state index in [-0.39, 0.29) is 11.9 Å². The number of hydrogen-bond acceptors (Lipinski definition) is 2. The summed E-state index contributed by atoms with van der Waals surface area (Å²) in [5, 5.41) is 4.23. The summed E-state index contributed by atoms with van der Waals surface area (Å²) in [6.07, 6.45) is 0. The van der Waals surface area contributed by atoms with E-state index in [4.69, 9.17) is 0 Å². The fraction of sp³-hybridized carbons (Fsp3) is 0.333. The number of rotatable bonds is 2. The second-order valence-corrected chi connectivity index (χ2v) is 4.77. The average molecular weight is 223 g/mol. The van der Waals surface area contributed by atoms with E-state index in [1.807, 2.05) is 13.1 Å². The van der Waals surface area contributed by atoms with Gasteiger partial charge in [0.2, 0.25) is 0 Å². The molecule has 0 aliphatic carbocycles. The summed E-state index contributed by atoms with van der Waals surface area (Å²) in [5.74, 6) is -0.116. The van der Waals surface area contributed by atoms with Gasteiger partial charge in [0, 0.05) is 10.9 Å². The molecule has 0 spiro atoms. The molecule has 0 fully saturated rings. The zero-order valence-corrected chi connectivity index (χ0v) is 9.91. The molecular formula is C12H14FNS. The molecule has 0 amide bonds. The summed E-state index contributed by atoms with van der Waals surface area (Å²) in [7, 11) is 1.92. The van der Waals surface area contributed by atoms with Crippen LogP contribution in [-0.4, -0.2) is 7.05 Å². The lowest BCUT2D eigenvalue weighted by atomic mass is 10.1. The van der Waals surface area contributed by atoms with Crippen molar-refractivity contribution in [3.05, 3.63) is 34.5 Å². The van der Waals surface area contributed by atoms with Crippen molar-refractivity contribution in [2.45, 2.75) is 19.9 Å². The van der Waals surface area contributed by atoms with Crippen molar-refractivity contribution in [2.75, 3.05) is 7.05 Å². The molecule has 2 aromatic rings. The van der Waals surface area contributed by atoms with E-state index in [0.717, 1.165) is 10.1 Å². The Kier molecular flexibility index (Phi) is 2.76. The number of thiophene rings is 1. The molecule has 0 aliphatic heterocycles. The van der Waals surface area contributed by atoms with Crippen LogP contribution in [0.3, 0.4) is 0 Å². The second kappa shape index (κ2) is 3.91. The average Bonchev–Trinajstić information content (AvgIpc) is 2.57. The smallest absolute Gasteiger partial charge is 0.141 e. The van der Waals surface area contributed by atoms with Crippen LogP contribution in [0.4, 0.5) is 4.39 Å². The first kappa shape index (κ1) is 10.6. The van der Waals surface area contributed by atoms with E-state index in [1.54, 1.807) is 17.4 Å². The standard InChI is InChI=1S/C12H14FNS/c1-7-9-5-4-6-10(13)12(9)15-11(7)8(2)14-3/h4-6,8,14H,1-3H3. The highest BCUT2D eigenvalue weighted by Gasteiger charge is 2.14. The van der Waals surface area contributed by atoms with Crippen LogP contribution >= 0.6 is 11.3 Å². The molecule has 1 atom stereocenters. The largest absolute Gasteiger partial charge is 0.313 e. The van der Waals surface area contributed by atoms with Gasteiger partial charge in [-0.3, -0.25) is 0 Å². The Balaban J connectivity index is 2.69. The summed E-state index contributed by atoms with van der Waals surface area (Å²) >= 11 is 1.55. The maximum absolute atomic E-state index is 13.5. The first-order valence-corrected chi connectivity index (χ1v) is 5.81. The molecule has 0 bridgehead atoms. The number of halogens is 1. The first-order chi connectivity index (χ1) is 7.15. The fourth-order valence-electron chi connectivity index (χ4n) is 1.77. The van der Waals surface area contributed by atoms with Crippen molar-refractivity contribution in [2.24, 2.45) is 0 Å². The summed E-state index contributed by atoms with van der Waals surface area (Å²) in [6.45, 7) is 4.15. The lowest BCUT2D eigenvalue weighted by Gasteiger charge is -2.08. The van der Waals surface area contributed by atoms with Crippen LogP contribution in [0.2, 0.25) is 0 Å². The summed E-state index contributed by atoms with van der Waals surface area (Å²) in [4.78, 5) is 1.22. The van der Waals surface area contributed by atoms with Crippen LogP contribution in [0.1, 0.15) is 23.4 Å². The van der Waals surface area contributed by atoms with Crippen LogP contribution in [-0.2, 0) is 0 Å². The van der Waals surface area contributed by atoms with Crippen LogP contribution in [0.5, 0.6) is 0 Å². The Hall–Kier alpha value is -0.930. The molecule has 0 saturated carbocycles. The summed E-state index contributed by atoms with van der Waals surface area (Å²) in [6, 6.07) is 5.55. The third-order valence-electron chi connectivity index (χ3n) is 2.78. The molecule has 1 nitrogen and oxygen atoms in total. The Morgan fingerprint density at radius 3 is 2.73 bits per heavy atom. The van der Waals surface area contributed by atoms with Crippen LogP contribution in [0, 0.1) is 12.7 Å². The van der Waals surface area contributed by atoms with Crippen molar-refractivity contribution in [1.82, 2.24) is 5.32 Å². The molecular weight excluding hydrogens is 209 g/mol. The summed E-state index contributed by atoms with van der Waals surface area (Å²) in [5.41, 5.74) is 1.19. The van der Waals surface area contributed by atoms with Gasteiger partial charge in [-0.15, -0.1) is 11.3 Å². The highest BCUT2D eigenvalue weighted by atomic mass is 32.1. The van der Waals surface area contributed by atoms with Gasteiger partial charge >= 0.3 is 0 Å². The Labute approximate surface area is 92.9 Å². The first-order valence-electron chi connectivity index (χ1n) is 5.00. The lowest BCUT2D eigenvalue weighted by Crippen LogP contribution is -2.11. The minimum atomic E-state index is -0.116. The minimum Gasteiger partial charge on any atom is -0.313 e. The van der Waals surface area contributed by atoms with Crippen molar-refractivity contribution in [3.63, 3.8) is 0 Å². The lowest BCUT2D eigenvalue weighted by molar-refractivity contribution is 0.641. The Morgan fingerprint density at radius 1 is 1.40 bits per heavy atom. The fourth-order valence-corrected chi connectivity index (χ4v) is 3.05. The van der Waals surface area contributed by atoms with Gasteiger partial charge in [0.15, 0.2) is 0 Å². The van der Waals surface area contributed by atoms with E-state index in [9.17, 15) is 4.39 Å². The third kappa shape index (κ3) is 1.66.